The fourth-order valence-electron chi connectivity index (χ4n) is 4.69. The smallest absolute Gasteiger partial charge is 0.279 e. The number of anilines is 1. The summed E-state index contributed by atoms with van der Waals surface area (Å²) in [5.74, 6) is -0.120. The van der Waals surface area contributed by atoms with Crippen molar-refractivity contribution in [1.29, 1.82) is 0 Å². The molecule has 0 aliphatic carbocycles. The number of amides is 2. The van der Waals surface area contributed by atoms with E-state index in [1.165, 1.54) is 34.6 Å². The molecule has 2 aliphatic heterocycles. The molecule has 0 aromatic heterocycles. The minimum absolute atomic E-state index is 0.0335. The number of nitrogens with one attached hydrogen (secondary N) is 3. The second-order valence-electron chi connectivity index (χ2n) is 8.14. The molecule has 0 radical (unpaired) electrons. The average molecular weight is 375 g/mol. The summed E-state index contributed by atoms with van der Waals surface area (Å²) in [7, 11) is 0. The van der Waals surface area contributed by atoms with Crippen molar-refractivity contribution in [2.75, 3.05) is 38.0 Å². The van der Waals surface area contributed by atoms with E-state index in [0.717, 1.165) is 51.1 Å². The second-order valence-corrected chi connectivity index (χ2v) is 8.14. The van der Waals surface area contributed by atoms with Crippen LogP contribution in [0.1, 0.15) is 44.6 Å². The number of likely N-dealkylation sites (tertiary alicyclic amines) is 2. The predicted molar refractivity (Wildman–Crippen MR) is 106 cm³/mol. The van der Waals surface area contributed by atoms with Crippen molar-refractivity contribution >= 4 is 17.5 Å². The lowest BCUT2D eigenvalue weighted by Crippen LogP contribution is -3.26. The molecule has 1 aromatic rings. The summed E-state index contributed by atoms with van der Waals surface area (Å²) in [5.41, 5.74) is 7.54. The SMILES string of the molecule is CCc1ccc(NC(=O)C[NH+]2CCC(C(N)=O)([NH+]3CCCCC3)CC2)cc1. The molecule has 2 fully saturated rings. The van der Waals surface area contributed by atoms with Gasteiger partial charge in [0.1, 0.15) is 0 Å². The number of rotatable bonds is 6. The largest absolute Gasteiger partial charge is 0.364 e. The van der Waals surface area contributed by atoms with Crippen LogP contribution < -0.4 is 20.9 Å². The van der Waals surface area contributed by atoms with Crippen LogP contribution in [-0.2, 0) is 16.0 Å². The molecule has 6 heteroatoms. The maximum atomic E-state index is 12.4. The van der Waals surface area contributed by atoms with Gasteiger partial charge in [-0.05, 0) is 43.4 Å². The highest BCUT2D eigenvalue weighted by atomic mass is 16.2. The number of hydrogen-bond donors (Lipinski definition) is 4. The molecule has 0 spiro atoms. The molecule has 6 nitrogen and oxygen atoms in total. The van der Waals surface area contributed by atoms with Crippen molar-refractivity contribution in [3.8, 4) is 0 Å². The quantitative estimate of drug-likeness (QED) is 0.524. The third kappa shape index (κ3) is 4.68. The van der Waals surface area contributed by atoms with E-state index >= 15 is 0 Å². The number of hydrogen-bond acceptors (Lipinski definition) is 2. The average Bonchev–Trinajstić information content (AvgIpc) is 2.69. The zero-order valence-electron chi connectivity index (χ0n) is 16.5. The van der Waals surface area contributed by atoms with Crippen LogP contribution in [0, 0.1) is 0 Å². The van der Waals surface area contributed by atoms with Gasteiger partial charge in [-0.25, -0.2) is 0 Å². The number of carbonyl (C=O) groups is 2. The fourth-order valence-corrected chi connectivity index (χ4v) is 4.69. The molecule has 2 aliphatic rings. The minimum Gasteiger partial charge on any atom is -0.364 e. The van der Waals surface area contributed by atoms with Crippen LogP contribution in [-0.4, -0.2) is 50.1 Å². The fraction of sp³-hybridized carbons (Fsp3) is 0.619. The van der Waals surface area contributed by atoms with E-state index in [4.69, 9.17) is 5.73 Å². The molecule has 2 saturated heterocycles. The van der Waals surface area contributed by atoms with Gasteiger partial charge in [0.25, 0.3) is 11.8 Å². The topological polar surface area (TPSA) is 81.1 Å². The van der Waals surface area contributed by atoms with Crippen LogP contribution in [0.2, 0.25) is 0 Å². The van der Waals surface area contributed by atoms with E-state index in [9.17, 15) is 9.59 Å². The Morgan fingerprint density at radius 3 is 2.22 bits per heavy atom. The van der Waals surface area contributed by atoms with Gasteiger partial charge >= 0.3 is 0 Å². The van der Waals surface area contributed by atoms with Crippen LogP contribution in [0.25, 0.3) is 0 Å². The number of quaternary nitrogens is 2. The third-order valence-corrected chi connectivity index (χ3v) is 6.47. The first-order valence-electron chi connectivity index (χ1n) is 10.4. The van der Waals surface area contributed by atoms with Crippen LogP contribution in [0.4, 0.5) is 5.69 Å². The summed E-state index contributed by atoms with van der Waals surface area (Å²) < 4.78 is 0. The van der Waals surface area contributed by atoms with E-state index in [-0.39, 0.29) is 11.8 Å². The van der Waals surface area contributed by atoms with Crippen molar-refractivity contribution in [2.45, 2.75) is 51.0 Å². The molecule has 0 unspecified atom stereocenters. The lowest BCUT2D eigenvalue weighted by atomic mass is 9.83. The standard InChI is InChI=1S/C21H32N4O2/c1-2-17-6-8-18(9-7-17)23-19(26)16-24-14-10-21(11-15-24,20(22)27)25-12-4-3-5-13-25/h6-9H,2-5,10-16H2,1H3,(H2,22,27)(H,23,26)/p+2. The van der Waals surface area contributed by atoms with Crippen molar-refractivity contribution in [1.82, 2.24) is 0 Å². The monoisotopic (exact) mass is 374 g/mol. The number of carbonyl (C=O) groups excluding carboxylic acids is 2. The van der Waals surface area contributed by atoms with Gasteiger partial charge in [0.05, 0.1) is 39.0 Å². The molecule has 3 rings (SSSR count). The van der Waals surface area contributed by atoms with Crippen molar-refractivity contribution in [2.24, 2.45) is 5.73 Å². The van der Waals surface area contributed by atoms with Gasteiger partial charge in [-0.15, -0.1) is 0 Å². The Labute approximate surface area is 162 Å². The van der Waals surface area contributed by atoms with E-state index in [1.807, 2.05) is 24.3 Å². The Hall–Kier alpha value is -1.92. The van der Waals surface area contributed by atoms with Gasteiger partial charge < -0.3 is 20.9 Å². The minimum atomic E-state index is -0.420. The van der Waals surface area contributed by atoms with E-state index in [2.05, 4.69) is 12.2 Å². The molecule has 2 heterocycles. The van der Waals surface area contributed by atoms with Crippen molar-refractivity contribution < 1.29 is 19.4 Å². The van der Waals surface area contributed by atoms with Crippen LogP contribution >= 0.6 is 0 Å². The Balaban J connectivity index is 1.53. The third-order valence-electron chi connectivity index (χ3n) is 6.47. The highest BCUT2D eigenvalue weighted by Crippen LogP contribution is 2.14. The molecular formula is C21H34N4O2+2. The molecule has 0 bridgehead atoms. The number of piperidine rings is 2. The molecular weight excluding hydrogens is 340 g/mol. The van der Waals surface area contributed by atoms with Crippen molar-refractivity contribution in [3.63, 3.8) is 0 Å². The summed E-state index contributed by atoms with van der Waals surface area (Å²) in [5, 5.41) is 2.99. The van der Waals surface area contributed by atoms with E-state index in [0.29, 0.717) is 6.54 Å². The van der Waals surface area contributed by atoms with Crippen LogP contribution in [0.3, 0.4) is 0 Å². The van der Waals surface area contributed by atoms with Gasteiger partial charge in [0, 0.05) is 5.69 Å². The zero-order valence-corrected chi connectivity index (χ0v) is 16.5. The summed E-state index contributed by atoms with van der Waals surface area (Å²) in [6.07, 6.45) is 6.18. The maximum Gasteiger partial charge on any atom is 0.279 e. The number of nitrogens with two attached hydrogens (primary N) is 1. The second kappa shape index (κ2) is 8.85. The summed E-state index contributed by atoms with van der Waals surface area (Å²) >= 11 is 0. The van der Waals surface area contributed by atoms with E-state index in [1.54, 1.807) is 0 Å². The maximum absolute atomic E-state index is 12.4. The van der Waals surface area contributed by atoms with Crippen LogP contribution in [0.5, 0.6) is 0 Å². The Kier molecular flexibility index (Phi) is 6.50. The van der Waals surface area contributed by atoms with Gasteiger partial charge in [-0.1, -0.05) is 19.1 Å². The molecule has 5 N–H and O–H groups in total. The summed E-state index contributed by atoms with van der Waals surface area (Å²) in [6, 6.07) is 8.01. The van der Waals surface area contributed by atoms with Crippen LogP contribution in [0.15, 0.2) is 24.3 Å². The number of primary amides is 1. The zero-order chi connectivity index (χ0) is 19.3. The lowest BCUT2D eigenvalue weighted by Gasteiger charge is -2.43. The first-order valence-corrected chi connectivity index (χ1v) is 10.4. The summed E-state index contributed by atoms with van der Waals surface area (Å²) in [4.78, 5) is 27.3. The first kappa shape index (κ1) is 19.8. The Bertz CT molecular complexity index is 645. The normalized spacial score (nSPS) is 26.5. The van der Waals surface area contributed by atoms with Crippen molar-refractivity contribution in [3.05, 3.63) is 29.8 Å². The molecule has 1 aromatic carbocycles. The lowest BCUT2D eigenvalue weighted by molar-refractivity contribution is -0.972. The van der Waals surface area contributed by atoms with Gasteiger partial charge in [0.2, 0.25) is 0 Å². The number of benzene rings is 1. The van der Waals surface area contributed by atoms with E-state index < -0.39 is 5.54 Å². The first-order chi connectivity index (χ1) is 13.0. The molecule has 0 saturated carbocycles. The van der Waals surface area contributed by atoms with Gasteiger partial charge in [0.15, 0.2) is 12.1 Å². The predicted octanol–water partition coefficient (Wildman–Crippen LogP) is -0.841. The number of aryl methyl sites for hydroxylation is 1. The van der Waals surface area contributed by atoms with Gasteiger partial charge in [-0.3, -0.25) is 9.59 Å². The molecule has 2 amide bonds. The molecule has 27 heavy (non-hydrogen) atoms. The Morgan fingerprint density at radius 2 is 1.67 bits per heavy atom. The highest BCUT2D eigenvalue weighted by molar-refractivity contribution is 5.91. The molecule has 148 valence electrons. The molecule has 0 atom stereocenters. The summed E-state index contributed by atoms with van der Waals surface area (Å²) in [6.45, 7) is 6.31. The van der Waals surface area contributed by atoms with Gasteiger partial charge in [-0.2, -0.15) is 0 Å². The Morgan fingerprint density at radius 1 is 1.04 bits per heavy atom. The highest BCUT2D eigenvalue weighted by Gasteiger charge is 2.50.